The van der Waals surface area contributed by atoms with Crippen LogP contribution in [0.1, 0.15) is 35.2 Å². The van der Waals surface area contributed by atoms with Gasteiger partial charge >= 0.3 is 0 Å². The fraction of sp³-hybridized carbons (Fsp3) is 0.316. The van der Waals surface area contributed by atoms with E-state index in [4.69, 9.17) is 0 Å². The Morgan fingerprint density at radius 2 is 1.83 bits per heavy atom. The maximum atomic E-state index is 14.3. The first-order chi connectivity index (χ1) is 13.7. The number of sulfonamides is 1. The van der Waals surface area contributed by atoms with Gasteiger partial charge in [-0.1, -0.05) is 12.1 Å². The number of likely N-dealkylation sites (tertiary alicyclic amines) is 1. The number of para-hydroxylation sites is 1. The van der Waals surface area contributed by atoms with Crippen LogP contribution in [0.3, 0.4) is 0 Å². The number of carbonyl (C=O) groups is 1. The number of anilines is 1. The summed E-state index contributed by atoms with van der Waals surface area (Å²) in [6.07, 6.45) is 2.78. The van der Waals surface area contributed by atoms with Gasteiger partial charge in [-0.3, -0.25) is 19.6 Å². The van der Waals surface area contributed by atoms with Gasteiger partial charge in [-0.15, -0.1) is 0 Å². The van der Waals surface area contributed by atoms with Gasteiger partial charge in [-0.05, 0) is 44.4 Å². The van der Waals surface area contributed by atoms with Gasteiger partial charge in [0.25, 0.3) is 21.6 Å². The third kappa shape index (κ3) is 4.37. The second kappa shape index (κ2) is 8.16. The monoisotopic (exact) mass is 421 g/mol. The van der Waals surface area contributed by atoms with Crippen LogP contribution in [0.5, 0.6) is 0 Å². The number of nitro benzene ring substituents is 1. The van der Waals surface area contributed by atoms with Gasteiger partial charge in [-0.2, -0.15) is 0 Å². The summed E-state index contributed by atoms with van der Waals surface area (Å²) in [6.45, 7) is 2.48. The summed E-state index contributed by atoms with van der Waals surface area (Å²) >= 11 is 0. The average molecular weight is 421 g/mol. The Morgan fingerprint density at radius 3 is 2.48 bits per heavy atom. The third-order valence-electron chi connectivity index (χ3n) is 4.78. The van der Waals surface area contributed by atoms with Crippen molar-refractivity contribution < 1.29 is 22.5 Å². The topological polar surface area (TPSA) is 110 Å². The van der Waals surface area contributed by atoms with E-state index >= 15 is 0 Å². The van der Waals surface area contributed by atoms with Crippen molar-refractivity contribution in [2.75, 3.05) is 17.8 Å². The van der Waals surface area contributed by atoms with Crippen molar-refractivity contribution in [2.45, 2.75) is 31.1 Å². The van der Waals surface area contributed by atoms with Crippen LogP contribution in [0.4, 0.5) is 15.8 Å². The van der Waals surface area contributed by atoms with Gasteiger partial charge in [-0.25, -0.2) is 12.8 Å². The zero-order chi connectivity index (χ0) is 21.2. The van der Waals surface area contributed by atoms with Crippen LogP contribution in [0.2, 0.25) is 0 Å². The lowest BCUT2D eigenvalue weighted by molar-refractivity contribution is -0.385. The highest BCUT2D eigenvalue weighted by Crippen LogP contribution is 2.28. The molecule has 10 heteroatoms. The Morgan fingerprint density at radius 1 is 1.17 bits per heavy atom. The number of hydrogen-bond donors (Lipinski definition) is 1. The molecule has 0 bridgehead atoms. The van der Waals surface area contributed by atoms with Gasteiger partial charge in [0, 0.05) is 24.7 Å². The number of nitrogens with one attached hydrogen (secondary N) is 1. The highest BCUT2D eigenvalue weighted by atomic mass is 32.2. The van der Waals surface area contributed by atoms with Gasteiger partial charge in [0.05, 0.1) is 16.2 Å². The Bertz CT molecular complexity index is 1070. The minimum atomic E-state index is -4.50. The summed E-state index contributed by atoms with van der Waals surface area (Å²) in [7, 11) is -4.50. The Balaban J connectivity index is 1.97. The number of rotatable bonds is 5. The summed E-state index contributed by atoms with van der Waals surface area (Å²) in [6, 6.07) is 7.52. The summed E-state index contributed by atoms with van der Waals surface area (Å²) in [5.41, 5.74) is -0.373. The molecular formula is C19H20FN3O5S. The minimum absolute atomic E-state index is 0.00660. The number of amides is 1. The molecule has 1 heterocycles. The summed E-state index contributed by atoms with van der Waals surface area (Å²) in [5.74, 6) is -1.43. The number of nitrogens with zero attached hydrogens (tertiary/aromatic N) is 2. The van der Waals surface area contributed by atoms with Crippen LogP contribution in [-0.2, 0) is 10.0 Å². The van der Waals surface area contributed by atoms with E-state index in [1.54, 1.807) is 17.0 Å². The van der Waals surface area contributed by atoms with Crippen LogP contribution < -0.4 is 4.72 Å². The van der Waals surface area contributed by atoms with Crippen LogP contribution in [0.25, 0.3) is 0 Å². The molecule has 0 saturated carbocycles. The standard InChI is InChI=1S/C19H20FN3O5S/c1-13-11-15(20)18(12-17(13)23(25)26)29(27,28)21-16-8-4-3-7-14(16)19(24)22-9-5-2-6-10-22/h3-4,7-8,11-12,21H,2,5-6,9-10H2,1H3. The maximum Gasteiger partial charge on any atom is 0.273 e. The third-order valence-corrected chi connectivity index (χ3v) is 6.16. The number of carbonyl (C=O) groups excluding carboxylic acids is 1. The van der Waals surface area contributed by atoms with Crippen molar-refractivity contribution in [2.24, 2.45) is 0 Å². The molecule has 0 atom stereocenters. The number of benzene rings is 2. The molecule has 1 amide bonds. The quantitative estimate of drug-likeness (QED) is 0.587. The summed E-state index contributed by atoms with van der Waals surface area (Å²) in [5, 5.41) is 11.1. The normalized spacial score (nSPS) is 14.5. The van der Waals surface area contributed by atoms with E-state index in [-0.39, 0.29) is 22.7 Å². The number of aryl methyl sites for hydroxylation is 1. The lowest BCUT2D eigenvalue weighted by Gasteiger charge is -2.27. The summed E-state index contributed by atoms with van der Waals surface area (Å²) < 4.78 is 42.1. The highest BCUT2D eigenvalue weighted by Gasteiger charge is 2.27. The van der Waals surface area contributed by atoms with Gasteiger partial charge in [0.15, 0.2) is 0 Å². The van der Waals surface area contributed by atoms with Crippen molar-refractivity contribution in [1.29, 1.82) is 0 Å². The van der Waals surface area contributed by atoms with Crippen molar-refractivity contribution in [3.8, 4) is 0 Å². The molecular weight excluding hydrogens is 401 g/mol. The Kier molecular flexibility index (Phi) is 5.83. The van der Waals surface area contributed by atoms with E-state index in [0.717, 1.165) is 25.3 Å². The molecule has 1 saturated heterocycles. The molecule has 0 aromatic heterocycles. The molecule has 0 radical (unpaired) electrons. The largest absolute Gasteiger partial charge is 0.339 e. The van der Waals surface area contributed by atoms with Crippen LogP contribution >= 0.6 is 0 Å². The van der Waals surface area contributed by atoms with Crippen LogP contribution in [0, 0.1) is 22.9 Å². The zero-order valence-corrected chi connectivity index (χ0v) is 16.5. The van der Waals surface area contributed by atoms with E-state index in [2.05, 4.69) is 4.72 Å². The lowest BCUT2D eigenvalue weighted by atomic mass is 10.1. The maximum absolute atomic E-state index is 14.3. The molecule has 154 valence electrons. The predicted molar refractivity (Wildman–Crippen MR) is 105 cm³/mol. The van der Waals surface area contributed by atoms with E-state index in [1.165, 1.54) is 19.1 Å². The molecule has 3 rings (SSSR count). The first-order valence-electron chi connectivity index (χ1n) is 9.06. The van der Waals surface area contributed by atoms with Crippen molar-refractivity contribution in [3.05, 3.63) is 63.5 Å². The van der Waals surface area contributed by atoms with E-state index in [0.29, 0.717) is 19.2 Å². The molecule has 0 aliphatic carbocycles. The van der Waals surface area contributed by atoms with Gasteiger partial charge in [0.1, 0.15) is 10.7 Å². The molecule has 1 aliphatic rings. The van der Waals surface area contributed by atoms with E-state index in [9.17, 15) is 27.7 Å². The lowest BCUT2D eigenvalue weighted by Crippen LogP contribution is -2.36. The SMILES string of the molecule is Cc1cc(F)c(S(=O)(=O)Nc2ccccc2C(=O)N2CCCCC2)cc1[N+](=O)[O-]. The van der Waals surface area contributed by atoms with E-state index < -0.39 is 31.3 Å². The zero-order valence-electron chi connectivity index (χ0n) is 15.7. The molecule has 29 heavy (non-hydrogen) atoms. The number of halogens is 1. The van der Waals surface area contributed by atoms with Crippen molar-refractivity contribution >= 4 is 27.3 Å². The van der Waals surface area contributed by atoms with Crippen molar-refractivity contribution in [3.63, 3.8) is 0 Å². The first kappa shape index (κ1) is 20.7. The molecule has 1 N–H and O–H groups in total. The van der Waals surface area contributed by atoms with Crippen molar-refractivity contribution in [1.82, 2.24) is 4.90 Å². The fourth-order valence-electron chi connectivity index (χ4n) is 3.27. The summed E-state index contributed by atoms with van der Waals surface area (Å²) in [4.78, 5) is 24.0. The number of hydrogen-bond acceptors (Lipinski definition) is 5. The Hall–Kier alpha value is -3.01. The highest BCUT2D eigenvalue weighted by molar-refractivity contribution is 7.92. The second-order valence-electron chi connectivity index (χ2n) is 6.83. The molecule has 1 aliphatic heterocycles. The van der Waals surface area contributed by atoms with Crippen LogP contribution in [0.15, 0.2) is 41.3 Å². The number of piperidine rings is 1. The predicted octanol–water partition coefficient (Wildman–Crippen LogP) is 3.47. The van der Waals surface area contributed by atoms with Gasteiger partial charge in [0.2, 0.25) is 0 Å². The molecule has 2 aromatic carbocycles. The molecule has 0 unspecified atom stereocenters. The molecule has 0 spiro atoms. The fourth-order valence-corrected chi connectivity index (χ4v) is 4.43. The number of nitro groups is 1. The van der Waals surface area contributed by atoms with Crippen LogP contribution in [-0.4, -0.2) is 37.2 Å². The molecule has 1 fully saturated rings. The van der Waals surface area contributed by atoms with Gasteiger partial charge < -0.3 is 4.90 Å². The Labute approximate surface area is 167 Å². The smallest absolute Gasteiger partial charge is 0.273 e. The second-order valence-corrected chi connectivity index (χ2v) is 8.48. The molecule has 8 nitrogen and oxygen atoms in total. The molecule has 2 aromatic rings. The first-order valence-corrected chi connectivity index (χ1v) is 10.5. The van der Waals surface area contributed by atoms with E-state index in [1.807, 2.05) is 0 Å². The minimum Gasteiger partial charge on any atom is -0.339 e. The average Bonchev–Trinajstić information content (AvgIpc) is 2.67.